The van der Waals surface area contributed by atoms with Gasteiger partial charge in [0.2, 0.25) is 0 Å². The Hall–Kier alpha value is -2.55. The number of allylic oxidation sites excluding steroid dienone is 2. The lowest BCUT2D eigenvalue weighted by Crippen LogP contribution is -1.95. The molecule has 0 saturated carbocycles. The summed E-state index contributed by atoms with van der Waals surface area (Å²) in [5.41, 5.74) is 6.04. The van der Waals surface area contributed by atoms with Gasteiger partial charge >= 0.3 is 0 Å². The van der Waals surface area contributed by atoms with Crippen LogP contribution in [0.4, 0.5) is 0 Å². The summed E-state index contributed by atoms with van der Waals surface area (Å²) < 4.78 is 5.35. The number of carbonyl (C=O) groups is 1. The van der Waals surface area contributed by atoms with Gasteiger partial charge in [-0.05, 0) is 56.0 Å². The Bertz CT molecular complexity index is 512. The molecule has 0 radical (unpaired) electrons. The number of benzene rings is 1. The minimum absolute atomic E-state index is 0. The number of carboxylic acid groups (broad SMARTS) is 1. The van der Waals surface area contributed by atoms with E-state index in [1.807, 2.05) is 13.0 Å². The second-order valence-corrected chi connectivity index (χ2v) is 4.34. The Morgan fingerprint density at radius 1 is 1.12 bits per heavy atom. The maximum absolute atomic E-state index is 8.36. The molecule has 0 atom stereocenters. The van der Waals surface area contributed by atoms with E-state index in [0.29, 0.717) is 0 Å². The molecule has 0 fully saturated rings. The minimum Gasteiger partial charge on any atom is -0.496 e. The Balaban J connectivity index is -0.000000219. The number of ether oxygens (including phenoxy) is 1. The monoisotopic (exact) mass is 334 g/mol. The highest BCUT2D eigenvalue weighted by atomic mass is 16.5. The van der Waals surface area contributed by atoms with Gasteiger partial charge in [-0.3, -0.25) is 4.79 Å². The topological polar surface area (TPSA) is 46.5 Å². The molecule has 1 rings (SSSR count). The Morgan fingerprint density at radius 3 is 1.88 bits per heavy atom. The molecule has 0 spiro atoms. The van der Waals surface area contributed by atoms with E-state index in [9.17, 15) is 0 Å². The normalized spacial score (nSPS) is 8.04. The van der Waals surface area contributed by atoms with Crippen LogP contribution >= 0.6 is 0 Å². The van der Waals surface area contributed by atoms with Gasteiger partial charge in [0.15, 0.2) is 0 Å². The van der Waals surface area contributed by atoms with Crippen molar-refractivity contribution >= 4 is 12.5 Å². The van der Waals surface area contributed by atoms with Crippen LogP contribution in [0.25, 0.3) is 6.08 Å². The van der Waals surface area contributed by atoms with Gasteiger partial charge in [-0.2, -0.15) is 0 Å². The first kappa shape index (κ1) is 29.5. The number of rotatable bonds is 3. The van der Waals surface area contributed by atoms with Gasteiger partial charge in [0, 0.05) is 0 Å². The van der Waals surface area contributed by atoms with Crippen molar-refractivity contribution < 1.29 is 14.6 Å². The zero-order valence-electron chi connectivity index (χ0n) is 15.1. The van der Waals surface area contributed by atoms with Gasteiger partial charge in [-0.25, -0.2) is 0 Å². The first-order valence-corrected chi connectivity index (χ1v) is 6.95. The highest BCUT2D eigenvalue weighted by Gasteiger charge is 2.08. The molecule has 1 N–H and O–H groups in total. The van der Waals surface area contributed by atoms with Crippen molar-refractivity contribution in [2.75, 3.05) is 7.11 Å². The van der Waals surface area contributed by atoms with Crippen LogP contribution in [0.2, 0.25) is 0 Å². The van der Waals surface area contributed by atoms with Crippen LogP contribution in [0.5, 0.6) is 5.75 Å². The smallest absolute Gasteiger partial charge is 0.290 e. The van der Waals surface area contributed by atoms with Crippen molar-refractivity contribution in [1.29, 1.82) is 0 Å². The van der Waals surface area contributed by atoms with Gasteiger partial charge < -0.3 is 9.84 Å². The van der Waals surface area contributed by atoms with E-state index in [1.165, 1.54) is 22.3 Å². The molecule has 0 saturated heterocycles. The van der Waals surface area contributed by atoms with Crippen molar-refractivity contribution in [2.45, 2.75) is 35.1 Å². The molecule has 0 bridgehead atoms. The minimum atomic E-state index is -0.250. The van der Waals surface area contributed by atoms with E-state index in [-0.39, 0.29) is 13.9 Å². The molecule has 0 aliphatic carbocycles. The molecule has 1 aromatic carbocycles. The molecule has 0 heterocycles. The highest BCUT2D eigenvalue weighted by Crippen LogP contribution is 2.28. The standard InChI is InChI=1S/C15H20O.2C2H4.CH2O2.CH4/c1-10(2)7-8-14-11(3)9-15(16-6)13(5)12(14)4;2*1-2;2-1-3;/h7-9H,1H2,2-6H3;2*1-2H2;1H,(H,2,3);1H4/b8-7+;;;;. The predicted octanol–water partition coefficient (Wildman–Crippen LogP) is 6.15. The highest BCUT2D eigenvalue weighted by molar-refractivity contribution is 5.63. The second-order valence-electron chi connectivity index (χ2n) is 4.34. The third kappa shape index (κ3) is 11.1. The van der Waals surface area contributed by atoms with E-state index in [4.69, 9.17) is 14.6 Å². The summed E-state index contributed by atoms with van der Waals surface area (Å²) in [4.78, 5) is 8.36. The van der Waals surface area contributed by atoms with Crippen LogP contribution in [0.3, 0.4) is 0 Å². The van der Waals surface area contributed by atoms with Crippen LogP contribution in [-0.4, -0.2) is 18.7 Å². The van der Waals surface area contributed by atoms with Crippen LogP contribution in [-0.2, 0) is 4.79 Å². The van der Waals surface area contributed by atoms with Crippen molar-refractivity contribution in [3.63, 3.8) is 0 Å². The molecule has 0 aromatic heterocycles. The molecule has 24 heavy (non-hydrogen) atoms. The van der Waals surface area contributed by atoms with Crippen molar-refractivity contribution in [1.82, 2.24) is 0 Å². The van der Waals surface area contributed by atoms with Crippen molar-refractivity contribution in [2.24, 2.45) is 0 Å². The third-order valence-electron chi connectivity index (χ3n) is 2.86. The fourth-order valence-electron chi connectivity index (χ4n) is 1.76. The zero-order chi connectivity index (χ0) is 19.0. The van der Waals surface area contributed by atoms with E-state index < -0.39 is 0 Å². The van der Waals surface area contributed by atoms with Gasteiger partial charge in [-0.1, -0.05) is 31.7 Å². The van der Waals surface area contributed by atoms with Crippen molar-refractivity contribution in [3.8, 4) is 5.75 Å². The molecule has 3 nitrogen and oxygen atoms in total. The zero-order valence-corrected chi connectivity index (χ0v) is 15.1. The molecule has 3 heteroatoms. The molecule has 0 aliphatic rings. The van der Waals surface area contributed by atoms with Gasteiger partial charge in [0.25, 0.3) is 6.47 Å². The van der Waals surface area contributed by atoms with E-state index in [0.717, 1.165) is 11.3 Å². The number of methoxy groups -OCH3 is 1. The summed E-state index contributed by atoms with van der Waals surface area (Å²) in [6.07, 6.45) is 4.17. The fourth-order valence-corrected chi connectivity index (χ4v) is 1.76. The largest absolute Gasteiger partial charge is 0.496 e. The lowest BCUT2D eigenvalue weighted by Gasteiger charge is -2.13. The number of hydrogen-bond acceptors (Lipinski definition) is 2. The summed E-state index contributed by atoms with van der Waals surface area (Å²) >= 11 is 0. The Kier molecular flexibility index (Phi) is 22.7. The van der Waals surface area contributed by atoms with Gasteiger partial charge in [0.05, 0.1) is 7.11 Å². The summed E-state index contributed by atoms with van der Waals surface area (Å²) in [5.74, 6) is 0.961. The van der Waals surface area contributed by atoms with E-state index in [2.05, 4.69) is 65.8 Å². The maximum Gasteiger partial charge on any atom is 0.290 e. The first-order valence-electron chi connectivity index (χ1n) is 6.95. The lowest BCUT2D eigenvalue weighted by molar-refractivity contribution is -0.122. The van der Waals surface area contributed by atoms with E-state index >= 15 is 0 Å². The molecular formula is C21H34O3. The summed E-state index contributed by atoms with van der Waals surface area (Å²) in [7, 11) is 1.71. The van der Waals surface area contributed by atoms with Crippen LogP contribution in [0.1, 0.15) is 36.6 Å². The lowest BCUT2D eigenvalue weighted by atomic mass is 9.96. The summed E-state index contributed by atoms with van der Waals surface area (Å²) in [6, 6.07) is 2.08. The third-order valence-corrected chi connectivity index (χ3v) is 2.86. The maximum atomic E-state index is 8.36. The Morgan fingerprint density at radius 2 is 1.54 bits per heavy atom. The second kappa shape index (κ2) is 18.5. The number of hydrogen-bond donors (Lipinski definition) is 1. The molecule has 0 aliphatic heterocycles. The predicted molar refractivity (Wildman–Crippen MR) is 109 cm³/mol. The van der Waals surface area contributed by atoms with E-state index in [1.54, 1.807) is 7.11 Å². The quantitative estimate of drug-likeness (QED) is 0.409. The average Bonchev–Trinajstić information content (AvgIpc) is 2.55. The SMILES string of the molecule is C.C=C.C=C.C=C(C)/C=C/c1c(C)cc(OC)c(C)c1C.O=CO. The summed E-state index contributed by atoms with van der Waals surface area (Å²) in [6.45, 7) is 23.9. The first-order chi connectivity index (χ1) is 10.9. The van der Waals surface area contributed by atoms with Crippen LogP contribution in [0, 0.1) is 20.8 Å². The fraction of sp³-hybridized carbons (Fsp3) is 0.286. The summed E-state index contributed by atoms with van der Waals surface area (Å²) in [5, 5.41) is 6.89. The van der Waals surface area contributed by atoms with Crippen LogP contribution < -0.4 is 4.74 Å². The Labute approximate surface area is 148 Å². The molecule has 0 unspecified atom stereocenters. The number of aryl methyl sites for hydroxylation is 1. The van der Waals surface area contributed by atoms with Gasteiger partial charge in [0.1, 0.15) is 5.75 Å². The molecule has 1 aromatic rings. The average molecular weight is 335 g/mol. The van der Waals surface area contributed by atoms with Crippen molar-refractivity contribution in [3.05, 3.63) is 72.9 Å². The van der Waals surface area contributed by atoms with Gasteiger partial charge in [-0.15, -0.1) is 26.3 Å². The molecular weight excluding hydrogens is 300 g/mol. The van der Waals surface area contributed by atoms with Crippen LogP contribution in [0.15, 0.2) is 50.6 Å². The molecule has 136 valence electrons. The molecule has 0 amide bonds.